The molecule has 3 fully saturated rings. The Labute approximate surface area is 297 Å². The predicted octanol–water partition coefficient (Wildman–Crippen LogP) is 3.22. The van der Waals surface area contributed by atoms with Crippen molar-refractivity contribution < 1.29 is 41.9 Å². The van der Waals surface area contributed by atoms with Gasteiger partial charge in [-0.2, -0.15) is 0 Å². The van der Waals surface area contributed by atoms with Crippen molar-refractivity contribution in [1.82, 2.24) is 25.2 Å². The molecule has 2 aliphatic carbocycles. The largest absolute Gasteiger partial charge is 0.456 e. The standard InChI is InChI=1S/C36H47N5O9S/c1-5-22-19-36(22,33(45)40-51(47,48)24-14-15-24)39-30(42)28-17-23-20-41(28)31(43)29(35(2,3)4)38-34(46)49-16-9-7-6-8-11-21-12-10-13-26-25(21)18-27(37-26)32(44)50-23/h5,10,12-13,18,22-24,28-29,37H,1,6-9,11,14-17,19-20H2,2-4H3,(H,38,46)(H,39,42)(H,40,45)/t22?,23-,28+,29-,36-/m1/s1. The highest BCUT2D eigenvalue weighted by atomic mass is 32.2. The summed E-state index contributed by atoms with van der Waals surface area (Å²) in [7, 11) is -3.91. The summed E-state index contributed by atoms with van der Waals surface area (Å²) < 4.78 is 38.7. The van der Waals surface area contributed by atoms with Crippen LogP contribution in [0.4, 0.5) is 4.79 Å². The van der Waals surface area contributed by atoms with Crippen molar-refractivity contribution in [2.24, 2.45) is 11.3 Å². The van der Waals surface area contributed by atoms with Gasteiger partial charge in [0.1, 0.15) is 29.4 Å². The summed E-state index contributed by atoms with van der Waals surface area (Å²) in [6.45, 7) is 9.04. The topological polar surface area (TPSA) is 193 Å². The van der Waals surface area contributed by atoms with Crippen molar-refractivity contribution in [3.63, 3.8) is 0 Å². The van der Waals surface area contributed by atoms with E-state index in [1.54, 1.807) is 26.8 Å². The molecule has 0 spiro atoms. The number of nitrogens with one attached hydrogen (secondary N) is 4. The number of benzene rings is 1. The Balaban J connectivity index is 1.29. The number of aryl methyl sites for hydroxylation is 1. The zero-order valence-corrected chi connectivity index (χ0v) is 30.1. The number of hydrogen-bond donors (Lipinski definition) is 4. The van der Waals surface area contributed by atoms with E-state index < -0.39 is 80.1 Å². The minimum Gasteiger partial charge on any atom is -0.456 e. The molecule has 4 aliphatic rings. The molecule has 2 saturated carbocycles. The lowest BCUT2D eigenvalue weighted by atomic mass is 9.85. The maximum absolute atomic E-state index is 14.3. The van der Waals surface area contributed by atoms with Crippen molar-refractivity contribution in [3.05, 3.63) is 48.2 Å². The van der Waals surface area contributed by atoms with Gasteiger partial charge in [-0.1, -0.05) is 51.8 Å². The van der Waals surface area contributed by atoms with Crippen molar-refractivity contribution >= 4 is 50.7 Å². The molecule has 0 radical (unpaired) electrons. The van der Waals surface area contributed by atoms with Gasteiger partial charge in [0.15, 0.2) is 0 Å². The quantitative estimate of drug-likeness (QED) is 0.256. The molecule has 4 amide bonds. The van der Waals surface area contributed by atoms with E-state index in [1.807, 2.05) is 18.2 Å². The molecule has 1 saturated heterocycles. The Morgan fingerprint density at radius 1 is 1.10 bits per heavy atom. The summed E-state index contributed by atoms with van der Waals surface area (Å²) >= 11 is 0. The number of H-pyrrole nitrogens is 1. The van der Waals surface area contributed by atoms with Gasteiger partial charge in [-0.15, -0.1) is 6.58 Å². The molecule has 15 heteroatoms. The van der Waals surface area contributed by atoms with Crippen LogP contribution in [0.1, 0.15) is 88.2 Å². The van der Waals surface area contributed by atoms with Crippen molar-refractivity contribution in [1.29, 1.82) is 0 Å². The Morgan fingerprint density at radius 2 is 1.84 bits per heavy atom. The van der Waals surface area contributed by atoms with E-state index in [-0.39, 0.29) is 31.7 Å². The number of cyclic esters (lactones) is 1. The lowest BCUT2D eigenvalue weighted by Crippen LogP contribution is -2.60. The number of amides is 4. The van der Waals surface area contributed by atoms with Crippen molar-refractivity contribution in [2.45, 2.75) is 108 Å². The van der Waals surface area contributed by atoms with E-state index in [4.69, 9.17) is 9.47 Å². The molecule has 4 bridgehead atoms. The lowest BCUT2D eigenvalue weighted by molar-refractivity contribution is -0.142. The van der Waals surface area contributed by atoms with Crippen LogP contribution in [0.25, 0.3) is 10.9 Å². The first-order chi connectivity index (χ1) is 24.1. The second-order valence-corrected chi connectivity index (χ2v) is 17.2. The lowest BCUT2D eigenvalue weighted by Gasteiger charge is -2.35. The van der Waals surface area contributed by atoms with Gasteiger partial charge in [-0.25, -0.2) is 18.0 Å². The van der Waals surface area contributed by atoms with Gasteiger partial charge < -0.3 is 30.0 Å². The molecule has 3 heterocycles. The van der Waals surface area contributed by atoms with Crippen LogP contribution < -0.4 is 15.4 Å². The molecular weight excluding hydrogens is 678 g/mol. The fraction of sp³-hybridized carbons (Fsp3) is 0.583. The average molecular weight is 726 g/mol. The second kappa shape index (κ2) is 14.0. The number of rotatable bonds is 6. The zero-order valence-electron chi connectivity index (χ0n) is 29.3. The molecule has 14 nitrogen and oxygen atoms in total. The highest BCUT2D eigenvalue weighted by molar-refractivity contribution is 7.91. The smallest absolute Gasteiger partial charge is 0.407 e. The minimum absolute atomic E-state index is 0.104. The molecule has 6 rings (SSSR count). The van der Waals surface area contributed by atoms with Crippen LogP contribution in [-0.2, 0) is 40.3 Å². The summed E-state index contributed by atoms with van der Waals surface area (Å²) in [5.74, 6) is -3.40. The monoisotopic (exact) mass is 725 g/mol. The molecule has 1 aromatic heterocycles. The molecule has 1 aromatic carbocycles. The fourth-order valence-corrected chi connectivity index (χ4v) is 8.43. The molecule has 5 atom stereocenters. The first kappa shape index (κ1) is 36.4. The summed E-state index contributed by atoms with van der Waals surface area (Å²) in [6.07, 6.45) is 4.79. The summed E-state index contributed by atoms with van der Waals surface area (Å²) in [4.78, 5) is 72.7. The van der Waals surface area contributed by atoms with Crippen LogP contribution in [0.3, 0.4) is 0 Å². The van der Waals surface area contributed by atoms with Crippen LogP contribution in [0, 0.1) is 11.3 Å². The summed E-state index contributed by atoms with van der Waals surface area (Å²) in [5.41, 5.74) is -0.315. The van der Waals surface area contributed by atoms with Crippen molar-refractivity contribution in [3.8, 4) is 0 Å². The number of carbonyl (C=O) groups excluding carboxylic acids is 5. The zero-order chi connectivity index (χ0) is 36.7. The maximum atomic E-state index is 14.3. The number of aromatic nitrogens is 1. The summed E-state index contributed by atoms with van der Waals surface area (Å²) in [6, 6.07) is 5.22. The van der Waals surface area contributed by atoms with Crippen LogP contribution in [0.15, 0.2) is 36.9 Å². The number of aromatic amines is 1. The average Bonchev–Trinajstić information content (AvgIpc) is 3.96. The van der Waals surface area contributed by atoms with Gasteiger partial charge in [0.05, 0.1) is 18.4 Å². The van der Waals surface area contributed by atoms with Crippen LogP contribution in [0.2, 0.25) is 0 Å². The molecule has 1 unspecified atom stereocenters. The molecule has 2 aromatic rings. The third-order valence-corrected chi connectivity index (χ3v) is 12.1. The number of hydrogen-bond acceptors (Lipinski definition) is 9. The Morgan fingerprint density at radius 3 is 2.53 bits per heavy atom. The predicted molar refractivity (Wildman–Crippen MR) is 187 cm³/mol. The van der Waals surface area contributed by atoms with Crippen molar-refractivity contribution in [2.75, 3.05) is 13.2 Å². The van der Waals surface area contributed by atoms with E-state index in [0.717, 1.165) is 42.1 Å². The van der Waals surface area contributed by atoms with Gasteiger partial charge in [0, 0.05) is 23.2 Å². The Hall–Kier alpha value is -4.40. The number of sulfonamides is 1. The minimum atomic E-state index is -3.91. The van der Waals surface area contributed by atoms with Gasteiger partial charge in [-0.3, -0.25) is 19.1 Å². The number of ether oxygens (including phenoxy) is 2. The van der Waals surface area contributed by atoms with Gasteiger partial charge in [-0.05, 0) is 61.6 Å². The maximum Gasteiger partial charge on any atom is 0.407 e. The number of carbonyl (C=O) groups is 5. The van der Waals surface area contributed by atoms with E-state index in [2.05, 4.69) is 26.9 Å². The third kappa shape index (κ3) is 7.77. The number of nitrogens with zero attached hydrogens (tertiary/aromatic N) is 1. The SMILES string of the molecule is C=CC1C[C@]1(NC(=O)[C@@H]1C[C@@H]2CN1C(=O)[C@H](C(C)(C)C)NC(=O)OCCCCCCc1cccc3[nH]c(cc13)C(=O)O2)C(=O)NS(=O)(=O)C1CC1. The number of fused-ring (bicyclic) bond motifs is 3. The Kier molecular flexibility index (Phi) is 9.96. The third-order valence-electron chi connectivity index (χ3n) is 10.3. The molecule has 51 heavy (non-hydrogen) atoms. The fourth-order valence-electron chi connectivity index (χ4n) is 7.06. The van der Waals surface area contributed by atoms with E-state index in [9.17, 15) is 32.4 Å². The molecular formula is C36H47N5O9S. The first-order valence-electron chi connectivity index (χ1n) is 17.7. The second-order valence-electron chi connectivity index (χ2n) is 15.3. The molecule has 276 valence electrons. The highest BCUT2D eigenvalue weighted by Crippen LogP contribution is 2.45. The van der Waals surface area contributed by atoms with E-state index in [0.29, 0.717) is 19.3 Å². The van der Waals surface area contributed by atoms with Crippen LogP contribution in [0.5, 0.6) is 0 Å². The van der Waals surface area contributed by atoms with E-state index >= 15 is 0 Å². The normalized spacial score (nSPS) is 28.0. The van der Waals surface area contributed by atoms with Gasteiger partial charge in [0.25, 0.3) is 5.91 Å². The molecule has 2 aliphatic heterocycles. The Bertz CT molecular complexity index is 1850. The summed E-state index contributed by atoms with van der Waals surface area (Å²) in [5, 5.41) is 5.67. The number of esters is 1. The number of alkyl carbamates (subject to hydrolysis) is 1. The first-order valence-corrected chi connectivity index (χ1v) is 19.2. The highest BCUT2D eigenvalue weighted by Gasteiger charge is 2.62. The van der Waals surface area contributed by atoms with Crippen LogP contribution >= 0.6 is 0 Å². The van der Waals surface area contributed by atoms with Gasteiger partial charge in [0.2, 0.25) is 21.8 Å². The molecule has 4 N–H and O–H groups in total. The van der Waals surface area contributed by atoms with E-state index in [1.165, 1.54) is 11.0 Å². The van der Waals surface area contributed by atoms with Crippen LogP contribution in [-0.4, -0.2) is 90.2 Å². The van der Waals surface area contributed by atoms with Gasteiger partial charge >= 0.3 is 12.1 Å².